The molecule has 0 radical (unpaired) electrons. The zero-order chi connectivity index (χ0) is 40.9. The fraction of sp³-hybridized carbons (Fsp3) is 0.950. The Morgan fingerprint density at radius 3 is 1.45 bits per heavy atom. The van der Waals surface area contributed by atoms with Crippen molar-refractivity contribution >= 4 is 11.9 Å². The molecule has 5 aliphatic rings. The maximum absolute atomic E-state index is 10.8. The topological polar surface area (TPSA) is 169 Å². The van der Waals surface area contributed by atoms with Crippen LogP contribution in [0.3, 0.4) is 0 Å². The van der Waals surface area contributed by atoms with Crippen LogP contribution in [0.25, 0.3) is 0 Å². The second-order valence-corrected chi connectivity index (χ2v) is 16.8. The van der Waals surface area contributed by atoms with Gasteiger partial charge in [-0.05, 0) is 89.9 Å². The van der Waals surface area contributed by atoms with Crippen LogP contribution in [0.5, 0.6) is 0 Å². The van der Waals surface area contributed by atoms with Gasteiger partial charge in [-0.2, -0.15) is 0 Å². The third-order valence-electron chi connectivity index (χ3n) is 12.6. The largest absolute Gasteiger partial charge is 0.457 e. The van der Waals surface area contributed by atoms with E-state index in [1.54, 1.807) is 0 Å². The van der Waals surface area contributed by atoms with E-state index >= 15 is 0 Å². The van der Waals surface area contributed by atoms with Crippen LogP contribution in [0.1, 0.15) is 118 Å². The minimum absolute atomic E-state index is 0.00208. The minimum Gasteiger partial charge on any atom is -0.457 e. The van der Waals surface area contributed by atoms with E-state index in [1.165, 1.54) is 13.8 Å². The van der Waals surface area contributed by atoms with Gasteiger partial charge in [0, 0.05) is 19.8 Å². The molecule has 8 unspecified atom stereocenters. The van der Waals surface area contributed by atoms with Gasteiger partial charge in [0.2, 0.25) is 6.29 Å². The van der Waals surface area contributed by atoms with Gasteiger partial charge in [0.25, 0.3) is 0 Å². The first kappa shape index (κ1) is 47.7. The van der Waals surface area contributed by atoms with Gasteiger partial charge >= 0.3 is 11.9 Å². The molecule has 0 saturated carbocycles. The normalized spacial score (nSPS) is 47.5. The monoisotopic (exact) mass is 763 g/mol. The molecule has 5 saturated heterocycles. The molecule has 53 heavy (non-hydrogen) atoms. The number of esters is 2. The molecule has 0 bridgehead atoms. The van der Waals surface area contributed by atoms with Crippen molar-refractivity contribution in [2.75, 3.05) is 0 Å². The molecule has 0 spiro atoms. The number of carbonyl (C=O) groups is 2. The molecule has 0 aromatic carbocycles. The van der Waals surface area contributed by atoms with E-state index in [2.05, 4.69) is 41.5 Å². The van der Waals surface area contributed by atoms with Crippen molar-refractivity contribution in [3.8, 4) is 0 Å². The molecule has 3 N–H and O–H groups in total. The van der Waals surface area contributed by atoms with E-state index in [0.717, 1.165) is 0 Å². The molecule has 312 valence electrons. The van der Waals surface area contributed by atoms with Crippen LogP contribution in [-0.4, -0.2) is 107 Å². The highest BCUT2D eigenvalue weighted by Crippen LogP contribution is 2.41. The number of aliphatic hydroxyl groups excluding tert-OH is 3. The summed E-state index contributed by atoms with van der Waals surface area (Å²) in [6, 6.07) is 0. The fourth-order valence-electron chi connectivity index (χ4n) is 7.42. The quantitative estimate of drug-likeness (QED) is 0.305. The number of hydrogen-bond acceptors (Lipinski definition) is 13. The molecule has 5 heterocycles. The number of hydrogen-bond donors (Lipinski definition) is 3. The molecule has 0 aromatic rings. The van der Waals surface area contributed by atoms with E-state index in [4.69, 9.17) is 37.9 Å². The van der Waals surface area contributed by atoms with Crippen molar-refractivity contribution in [1.29, 1.82) is 0 Å². The molecule has 0 aromatic heterocycles. The van der Waals surface area contributed by atoms with Gasteiger partial charge in [0.15, 0.2) is 24.5 Å². The van der Waals surface area contributed by atoms with Crippen LogP contribution in [0.4, 0.5) is 0 Å². The third-order valence-corrected chi connectivity index (χ3v) is 12.6. The highest BCUT2D eigenvalue weighted by Gasteiger charge is 2.50. The second kappa shape index (κ2) is 20.1. The molecule has 13 heteroatoms. The SMILES string of the molecule is CC(=O)OC1[C@H](O)OC(C)[C@H](C)[C@@H]1C.CC(=O)O[C@H]1OC(C)[C@H](C)[C@H](C)C1O.CC1O[C@@H](C)C(O)[C@@H](C)[C@H]1C.CC1O[C@@H]2OC(C)(C)OC2[C@@H](C)[C@H]1C. The fourth-order valence-corrected chi connectivity index (χ4v) is 7.42. The molecule has 20 atom stereocenters. The summed E-state index contributed by atoms with van der Waals surface area (Å²) < 4.78 is 43.4. The van der Waals surface area contributed by atoms with E-state index in [9.17, 15) is 24.9 Å². The second-order valence-electron chi connectivity index (χ2n) is 16.8. The van der Waals surface area contributed by atoms with Crippen LogP contribution in [-0.2, 0) is 47.5 Å². The van der Waals surface area contributed by atoms with Crippen LogP contribution in [0.15, 0.2) is 0 Å². The minimum atomic E-state index is -1.000. The van der Waals surface area contributed by atoms with Crippen molar-refractivity contribution in [1.82, 2.24) is 0 Å². The maximum Gasteiger partial charge on any atom is 0.305 e. The molecule has 0 amide bonds. The van der Waals surface area contributed by atoms with Gasteiger partial charge in [-0.15, -0.1) is 0 Å². The lowest BCUT2D eigenvalue weighted by molar-refractivity contribution is -0.257. The number of rotatable bonds is 2. The Labute approximate surface area is 319 Å². The van der Waals surface area contributed by atoms with Gasteiger partial charge < -0.3 is 53.2 Å². The van der Waals surface area contributed by atoms with Gasteiger partial charge in [0.1, 0.15) is 12.2 Å². The zero-order valence-electron chi connectivity index (χ0n) is 35.5. The predicted octanol–water partition coefficient (Wildman–Crippen LogP) is 5.44. The first-order valence-corrected chi connectivity index (χ1v) is 19.7. The van der Waals surface area contributed by atoms with E-state index in [0.29, 0.717) is 23.7 Å². The number of carbonyl (C=O) groups excluding carboxylic acids is 2. The molecule has 5 fully saturated rings. The van der Waals surface area contributed by atoms with Crippen molar-refractivity contribution < 1.29 is 62.8 Å². The molecular formula is C40H74O13. The lowest BCUT2D eigenvalue weighted by Crippen LogP contribution is -2.49. The molecule has 5 aliphatic heterocycles. The summed E-state index contributed by atoms with van der Waals surface area (Å²) in [5, 5.41) is 29.0. The number of fused-ring (bicyclic) bond motifs is 1. The molecular weight excluding hydrogens is 688 g/mol. The Morgan fingerprint density at radius 2 is 0.925 bits per heavy atom. The van der Waals surface area contributed by atoms with E-state index in [1.807, 2.05) is 62.3 Å². The van der Waals surface area contributed by atoms with Crippen molar-refractivity contribution in [2.45, 2.75) is 197 Å². The van der Waals surface area contributed by atoms with Crippen LogP contribution < -0.4 is 0 Å². The first-order valence-electron chi connectivity index (χ1n) is 19.7. The van der Waals surface area contributed by atoms with Crippen LogP contribution in [0.2, 0.25) is 0 Å². The first-order chi connectivity index (χ1) is 24.3. The zero-order valence-corrected chi connectivity index (χ0v) is 35.5. The summed E-state index contributed by atoms with van der Waals surface area (Å²) in [6.45, 7) is 33.0. The Morgan fingerprint density at radius 1 is 0.491 bits per heavy atom. The summed E-state index contributed by atoms with van der Waals surface area (Å²) in [5.41, 5.74) is 0. The lowest BCUT2D eigenvalue weighted by atomic mass is 9.82. The molecule has 13 nitrogen and oxygen atoms in total. The standard InChI is InChI=1S/C11H20O3.2C10H18O4.C9H18O2/c1-6-7(2)9-10(12-8(6)3)14-11(4,5)13-9;1-5-6(2)9(14-8(4)11)10(12)13-7(5)3;1-5-6(2)9(12)10(13-7(5)3)14-8(4)11;1-5-6(2)9(10)8(4)11-7(5)3/h6-10H,1-5H3;2*5-7,9-10,12H,1-4H3;5-10H,1-4H3/t6-,7+,8?,9?,10-;2*5-,6+,7?,9?,10-;5-,6+,7?,8+,9?/m1111/s1. The van der Waals surface area contributed by atoms with Crippen molar-refractivity contribution in [3.63, 3.8) is 0 Å². The lowest BCUT2D eigenvalue weighted by Gasteiger charge is -2.40. The van der Waals surface area contributed by atoms with Gasteiger partial charge in [0.05, 0.1) is 36.6 Å². The number of aliphatic hydroxyl groups is 3. The van der Waals surface area contributed by atoms with E-state index in [-0.39, 0.29) is 78.7 Å². The third kappa shape index (κ3) is 12.8. The van der Waals surface area contributed by atoms with E-state index < -0.39 is 36.5 Å². The highest BCUT2D eigenvalue weighted by molar-refractivity contribution is 5.66. The average molecular weight is 763 g/mol. The Hall–Kier alpha value is -1.42. The Kier molecular flexibility index (Phi) is 18.1. The summed E-state index contributed by atoms with van der Waals surface area (Å²) >= 11 is 0. The van der Waals surface area contributed by atoms with Crippen LogP contribution in [0, 0.1) is 47.3 Å². The van der Waals surface area contributed by atoms with Gasteiger partial charge in [-0.3, -0.25) is 9.59 Å². The summed E-state index contributed by atoms with van der Waals surface area (Å²) in [6.07, 6.45) is -2.94. The highest BCUT2D eigenvalue weighted by atomic mass is 16.8. The summed E-state index contributed by atoms with van der Waals surface area (Å²) in [7, 11) is 0. The van der Waals surface area contributed by atoms with Gasteiger partial charge in [-0.25, -0.2) is 0 Å². The predicted molar refractivity (Wildman–Crippen MR) is 198 cm³/mol. The average Bonchev–Trinajstić information content (AvgIpc) is 3.38. The maximum atomic E-state index is 10.8. The Bertz CT molecular complexity index is 1120. The molecule has 0 aliphatic carbocycles. The Balaban J connectivity index is 0.000000246. The summed E-state index contributed by atoms with van der Waals surface area (Å²) in [5.74, 6) is 1.23. The molecule has 5 rings (SSSR count). The smallest absolute Gasteiger partial charge is 0.305 e. The van der Waals surface area contributed by atoms with Crippen molar-refractivity contribution in [3.05, 3.63) is 0 Å². The van der Waals surface area contributed by atoms with Gasteiger partial charge in [-0.1, -0.05) is 55.4 Å². The van der Waals surface area contributed by atoms with Crippen LogP contribution >= 0.6 is 0 Å². The summed E-state index contributed by atoms with van der Waals surface area (Å²) in [4.78, 5) is 21.5. The number of ether oxygens (including phenoxy) is 8. The van der Waals surface area contributed by atoms with Crippen molar-refractivity contribution in [2.24, 2.45) is 47.3 Å².